The lowest BCUT2D eigenvalue weighted by Crippen LogP contribution is -2.53. The third-order valence-corrected chi connectivity index (χ3v) is 11.6. The third-order valence-electron chi connectivity index (χ3n) is 7.05. The molecular weight excluding hydrogens is 579 g/mol. The van der Waals surface area contributed by atoms with Gasteiger partial charge in [0, 0.05) is 55.3 Å². The van der Waals surface area contributed by atoms with Gasteiger partial charge in [0.15, 0.2) is 26.8 Å². The normalized spacial score (nSPS) is 23.3. The highest BCUT2D eigenvalue weighted by Gasteiger charge is 2.37. The van der Waals surface area contributed by atoms with Crippen molar-refractivity contribution in [2.45, 2.75) is 55.0 Å². The molecule has 1 N–H and O–H groups in total. The number of oxime groups is 1. The van der Waals surface area contributed by atoms with Crippen molar-refractivity contribution < 1.29 is 31.2 Å². The first kappa shape index (κ1) is 29.1. The van der Waals surface area contributed by atoms with Crippen molar-refractivity contribution in [2.24, 2.45) is 5.16 Å². The Hall–Kier alpha value is -2.43. The first-order valence-corrected chi connectivity index (χ1v) is 17.3. The lowest BCUT2D eigenvalue weighted by Gasteiger charge is -2.38. The number of sulfone groups is 1. The number of ether oxygens (including phenoxy) is 1. The maximum Gasteiger partial charge on any atom is 0.280 e. The molecule has 0 unspecified atom stereocenters. The second-order valence-electron chi connectivity index (χ2n) is 10.3. The minimum Gasteiger partial charge on any atom is -0.389 e. The van der Waals surface area contributed by atoms with E-state index >= 15 is 0 Å². The van der Waals surface area contributed by atoms with Gasteiger partial charge in [-0.15, -0.1) is 11.3 Å². The van der Waals surface area contributed by atoms with Crippen molar-refractivity contribution in [2.75, 3.05) is 44.4 Å². The number of aromatic nitrogens is 1. The van der Waals surface area contributed by atoms with E-state index in [-0.39, 0.29) is 28.0 Å². The van der Waals surface area contributed by atoms with Crippen molar-refractivity contribution in [3.63, 3.8) is 0 Å². The summed E-state index contributed by atoms with van der Waals surface area (Å²) in [5.41, 5.74) is 0.422. The Labute approximate surface area is 238 Å². The molecule has 3 aliphatic rings. The van der Waals surface area contributed by atoms with Crippen LogP contribution in [0.15, 0.2) is 40.5 Å². The molecule has 1 amide bonds. The lowest BCUT2D eigenvalue weighted by molar-refractivity contribution is -0.110. The van der Waals surface area contributed by atoms with Gasteiger partial charge in [-0.1, -0.05) is 17.3 Å². The number of rotatable bonds is 10. The fraction of sp³-hybridized carbons (Fsp3) is 0.560. The van der Waals surface area contributed by atoms with Crippen LogP contribution >= 0.6 is 11.3 Å². The minimum atomic E-state index is -3.36. The van der Waals surface area contributed by atoms with Crippen molar-refractivity contribution in [1.82, 2.24) is 14.2 Å². The van der Waals surface area contributed by atoms with Gasteiger partial charge in [-0.2, -0.15) is 4.31 Å². The summed E-state index contributed by atoms with van der Waals surface area (Å²) in [6.45, 7) is 5.02. The summed E-state index contributed by atoms with van der Waals surface area (Å²) in [5, 5.41) is 6.98. The maximum absolute atomic E-state index is 13.3. The van der Waals surface area contributed by atoms with Gasteiger partial charge in [0.05, 0.1) is 29.6 Å². The van der Waals surface area contributed by atoms with Gasteiger partial charge in [0.25, 0.3) is 5.91 Å². The molecule has 218 valence electrons. The van der Waals surface area contributed by atoms with Crippen LogP contribution in [-0.4, -0.2) is 99.1 Å². The Morgan fingerprint density at radius 1 is 1.18 bits per heavy atom. The zero-order valence-corrected chi connectivity index (χ0v) is 24.8. The molecule has 1 aromatic heterocycles. The average molecular weight is 612 g/mol. The second-order valence-corrected chi connectivity index (χ2v) is 15.6. The highest BCUT2D eigenvalue weighted by molar-refractivity contribution is 7.92. The Kier molecular flexibility index (Phi) is 8.59. The summed E-state index contributed by atoms with van der Waals surface area (Å²) >= 11 is 1.32. The molecule has 0 spiro atoms. The van der Waals surface area contributed by atoms with Gasteiger partial charge in [0.2, 0.25) is 10.0 Å². The number of thiazole rings is 1. The topological polar surface area (TPSA) is 148 Å². The maximum atomic E-state index is 13.3. The first-order chi connectivity index (χ1) is 19.0. The van der Waals surface area contributed by atoms with Crippen LogP contribution in [0.1, 0.15) is 36.6 Å². The molecule has 2 aromatic rings. The lowest BCUT2D eigenvalue weighted by atomic mass is 10.1. The number of carbonyl (C=O) groups is 1. The highest BCUT2D eigenvalue weighted by atomic mass is 32.2. The van der Waals surface area contributed by atoms with E-state index in [9.17, 15) is 21.6 Å². The molecular formula is C25H33N5O7S3. The predicted molar refractivity (Wildman–Crippen MR) is 151 cm³/mol. The standard InChI is InChI=1S/C25H33N5O7S3/c1-17-14-29(10-11-30(17)39(2,32)33)15-20-13-26-25(38-20)27-24(31)23(28-37-19-9-12-36-16-19)18-3-5-21(6-4-18)40(34,35)22-7-8-22/h3-6,13,17,19,22H,7-12,14-16H2,1-2H3,(H,26,27,31)/b28-23+/t17-,19+/m0/s1. The van der Waals surface area contributed by atoms with Gasteiger partial charge in [-0.3, -0.25) is 15.0 Å². The SMILES string of the molecule is C[C@H]1CN(Cc2cnc(NC(=O)/C(=N/O[C@@H]3CCOC3)c3ccc(S(=O)(=O)C4CC4)cc3)s2)CCN1S(C)(=O)=O. The number of hydrogen-bond acceptors (Lipinski definition) is 11. The molecule has 2 aliphatic heterocycles. The zero-order chi connectivity index (χ0) is 28.5. The van der Waals surface area contributed by atoms with Crippen LogP contribution in [0, 0.1) is 0 Å². The highest BCUT2D eigenvalue weighted by Crippen LogP contribution is 2.33. The molecule has 15 heteroatoms. The minimum absolute atomic E-state index is 0.00439. The molecule has 1 saturated carbocycles. The Morgan fingerprint density at radius 2 is 1.93 bits per heavy atom. The Morgan fingerprint density at radius 3 is 2.55 bits per heavy atom. The Balaban J connectivity index is 1.26. The number of benzene rings is 1. The third kappa shape index (κ3) is 6.89. The number of nitrogens with one attached hydrogen (secondary N) is 1. The van der Waals surface area contributed by atoms with Crippen molar-refractivity contribution in [3.8, 4) is 0 Å². The summed E-state index contributed by atoms with van der Waals surface area (Å²) in [6.07, 6.45) is 4.64. The van der Waals surface area contributed by atoms with Gasteiger partial charge < -0.3 is 9.57 Å². The van der Waals surface area contributed by atoms with Crippen LogP contribution < -0.4 is 5.32 Å². The van der Waals surface area contributed by atoms with E-state index in [1.165, 1.54) is 34.0 Å². The summed E-state index contributed by atoms with van der Waals surface area (Å²) in [4.78, 5) is 26.5. The number of nitrogens with zero attached hydrogens (tertiary/aromatic N) is 4. The fourth-order valence-corrected chi connectivity index (χ4v) is 8.43. The number of hydrogen-bond donors (Lipinski definition) is 1. The molecule has 5 rings (SSSR count). The average Bonchev–Trinajstić information content (AvgIpc) is 3.48. The fourth-order valence-electron chi connectivity index (χ4n) is 4.79. The van der Waals surface area contributed by atoms with Crippen LogP contribution in [-0.2, 0) is 40.8 Å². The number of sulfonamides is 1. The van der Waals surface area contributed by atoms with Gasteiger partial charge in [-0.25, -0.2) is 21.8 Å². The molecule has 3 heterocycles. The Bertz CT molecular complexity index is 1460. The van der Waals surface area contributed by atoms with Crippen LogP contribution in [0.3, 0.4) is 0 Å². The van der Waals surface area contributed by atoms with E-state index in [2.05, 4.69) is 20.4 Å². The van der Waals surface area contributed by atoms with E-state index in [0.717, 1.165) is 4.88 Å². The van der Waals surface area contributed by atoms with Gasteiger partial charge in [0.1, 0.15) is 0 Å². The largest absolute Gasteiger partial charge is 0.389 e. The van der Waals surface area contributed by atoms with E-state index in [4.69, 9.17) is 9.57 Å². The van der Waals surface area contributed by atoms with E-state index < -0.39 is 25.8 Å². The molecule has 2 saturated heterocycles. The van der Waals surface area contributed by atoms with Crippen LogP contribution in [0.5, 0.6) is 0 Å². The monoisotopic (exact) mass is 611 g/mol. The van der Waals surface area contributed by atoms with E-state index in [1.807, 2.05) is 6.92 Å². The number of anilines is 1. The molecule has 12 nitrogen and oxygen atoms in total. The molecule has 1 aromatic carbocycles. The summed E-state index contributed by atoms with van der Waals surface area (Å²) in [6, 6.07) is 5.98. The molecule has 0 bridgehead atoms. The van der Waals surface area contributed by atoms with Crippen molar-refractivity contribution >= 4 is 47.9 Å². The van der Waals surface area contributed by atoms with Gasteiger partial charge >= 0.3 is 0 Å². The summed E-state index contributed by atoms with van der Waals surface area (Å²) in [5.74, 6) is -0.534. The number of piperazine rings is 1. The van der Waals surface area contributed by atoms with Crippen LogP contribution in [0.25, 0.3) is 0 Å². The molecule has 0 radical (unpaired) electrons. The number of carbonyl (C=O) groups excluding carboxylic acids is 1. The number of amides is 1. The second kappa shape index (κ2) is 11.8. The van der Waals surface area contributed by atoms with Crippen molar-refractivity contribution in [1.29, 1.82) is 0 Å². The summed E-state index contributed by atoms with van der Waals surface area (Å²) in [7, 11) is -6.60. The quantitative estimate of drug-likeness (QED) is 0.313. The van der Waals surface area contributed by atoms with Crippen LogP contribution in [0.2, 0.25) is 0 Å². The molecule has 3 fully saturated rings. The zero-order valence-electron chi connectivity index (χ0n) is 22.4. The first-order valence-electron chi connectivity index (χ1n) is 13.1. The van der Waals surface area contributed by atoms with E-state index in [1.54, 1.807) is 18.3 Å². The smallest absolute Gasteiger partial charge is 0.280 e. The predicted octanol–water partition coefficient (Wildman–Crippen LogP) is 1.69. The van der Waals surface area contributed by atoms with Crippen molar-refractivity contribution in [3.05, 3.63) is 40.9 Å². The van der Waals surface area contributed by atoms with Crippen LogP contribution in [0.4, 0.5) is 5.13 Å². The molecule has 1 aliphatic carbocycles. The van der Waals surface area contributed by atoms with Gasteiger partial charge in [-0.05, 0) is 31.9 Å². The summed E-state index contributed by atoms with van der Waals surface area (Å²) < 4.78 is 55.9. The molecule has 40 heavy (non-hydrogen) atoms. The molecule has 2 atom stereocenters. The van der Waals surface area contributed by atoms with E-state index in [0.29, 0.717) is 69.4 Å².